The number of carbonyl (C=O) groups excluding carboxylic acids is 1. The number of carbonyl (C=O) groups is 1. The lowest BCUT2D eigenvalue weighted by Gasteiger charge is -2.32. The molecule has 33 heavy (non-hydrogen) atoms. The number of amides is 1. The number of nitrogens with two attached hydrogens (primary N) is 1. The molecule has 3 rings (SSSR count). The van der Waals surface area contributed by atoms with Crippen molar-refractivity contribution in [2.24, 2.45) is 10.9 Å². The van der Waals surface area contributed by atoms with Crippen molar-refractivity contribution in [3.05, 3.63) is 35.9 Å². The standard InChI is InChI=1S/C21H27FN6O4S/c1-12(2)31-21(29)28-8-6-13(7-9-28)32-20-17(18(23)27-30)19(24-11-25-20)26-16-5-4-14(33-3)10-15(16)22/h4-5,10-13,30H,6-9H2,1-3H3,(H2,23,27)(H,24,25,26). The van der Waals surface area contributed by atoms with Crippen LogP contribution in [0.5, 0.6) is 5.88 Å². The van der Waals surface area contributed by atoms with Crippen LogP contribution >= 0.6 is 11.8 Å². The second-order valence-electron chi connectivity index (χ2n) is 7.60. The summed E-state index contributed by atoms with van der Waals surface area (Å²) in [4.78, 5) is 22.7. The Bertz CT molecular complexity index is 1010. The molecule has 2 heterocycles. The molecule has 178 valence electrons. The molecular weight excluding hydrogens is 451 g/mol. The number of piperidine rings is 1. The molecule has 12 heteroatoms. The number of hydrogen-bond donors (Lipinski definition) is 3. The van der Waals surface area contributed by atoms with E-state index >= 15 is 0 Å². The van der Waals surface area contributed by atoms with Crippen molar-refractivity contribution in [3.8, 4) is 5.88 Å². The number of benzene rings is 1. The predicted molar refractivity (Wildman–Crippen MR) is 123 cm³/mol. The van der Waals surface area contributed by atoms with Gasteiger partial charge in [-0.2, -0.15) is 0 Å². The van der Waals surface area contributed by atoms with Gasteiger partial charge in [-0.1, -0.05) is 5.16 Å². The number of oxime groups is 1. The van der Waals surface area contributed by atoms with Gasteiger partial charge in [-0.25, -0.2) is 19.2 Å². The average molecular weight is 479 g/mol. The van der Waals surface area contributed by atoms with Gasteiger partial charge in [-0.05, 0) is 38.3 Å². The minimum Gasteiger partial charge on any atom is -0.474 e. The summed E-state index contributed by atoms with van der Waals surface area (Å²) in [7, 11) is 0. The van der Waals surface area contributed by atoms with E-state index in [0.717, 1.165) is 4.90 Å². The number of ether oxygens (including phenoxy) is 2. The average Bonchev–Trinajstić information content (AvgIpc) is 2.80. The van der Waals surface area contributed by atoms with Crippen LogP contribution in [0.4, 0.5) is 20.7 Å². The van der Waals surface area contributed by atoms with Gasteiger partial charge in [0.25, 0.3) is 0 Å². The van der Waals surface area contributed by atoms with Crippen LogP contribution in [0.25, 0.3) is 0 Å². The van der Waals surface area contributed by atoms with Gasteiger partial charge in [0.1, 0.15) is 29.6 Å². The molecule has 1 saturated heterocycles. The van der Waals surface area contributed by atoms with Gasteiger partial charge >= 0.3 is 6.09 Å². The second kappa shape index (κ2) is 11.0. The van der Waals surface area contributed by atoms with Crippen molar-refractivity contribution in [2.45, 2.75) is 43.8 Å². The second-order valence-corrected chi connectivity index (χ2v) is 8.47. The number of hydrogen-bond acceptors (Lipinski definition) is 9. The van der Waals surface area contributed by atoms with Crippen LogP contribution < -0.4 is 15.8 Å². The van der Waals surface area contributed by atoms with Gasteiger partial charge in [0.2, 0.25) is 5.88 Å². The summed E-state index contributed by atoms with van der Waals surface area (Å²) in [5.41, 5.74) is 6.15. The highest BCUT2D eigenvalue weighted by molar-refractivity contribution is 7.98. The zero-order valence-corrected chi connectivity index (χ0v) is 19.4. The number of halogens is 1. The molecule has 0 aliphatic carbocycles. The maximum absolute atomic E-state index is 14.5. The first-order chi connectivity index (χ1) is 15.8. The fourth-order valence-electron chi connectivity index (χ4n) is 3.28. The third-order valence-electron chi connectivity index (χ3n) is 4.92. The molecule has 1 aliphatic heterocycles. The summed E-state index contributed by atoms with van der Waals surface area (Å²) in [6, 6.07) is 4.73. The van der Waals surface area contributed by atoms with E-state index in [1.54, 1.807) is 30.9 Å². The lowest BCUT2D eigenvalue weighted by atomic mass is 10.1. The largest absolute Gasteiger partial charge is 0.474 e. The number of nitrogens with zero attached hydrogens (tertiary/aromatic N) is 4. The van der Waals surface area contributed by atoms with Crippen molar-refractivity contribution in [3.63, 3.8) is 0 Å². The highest BCUT2D eigenvalue weighted by Gasteiger charge is 2.27. The van der Waals surface area contributed by atoms with Crippen LogP contribution in [0, 0.1) is 5.82 Å². The Morgan fingerprint density at radius 2 is 2.09 bits per heavy atom. The predicted octanol–water partition coefficient (Wildman–Crippen LogP) is 3.56. The Kier molecular flexibility index (Phi) is 8.15. The quantitative estimate of drug-likeness (QED) is 0.179. The molecule has 1 fully saturated rings. The fourth-order valence-corrected chi connectivity index (χ4v) is 3.70. The summed E-state index contributed by atoms with van der Waals surface area (Å²) in [6.07, 6.45) is 3.37. The van der Waals surface area contributed by atoms with E-state index in [0.29, 0.717) is 25.9 Å². The normalized spacial score (nSPS) is 14.9. The minimum absolute atomic E-state index is 0.0900. The van der Waals surface area contributed by atoms with Crippen LogP contribution in [-0.2, 0) is 4.74 Å². The lowest BCUT2D eigenvalue weighted by molar-refractivity contribution is 0.0507. The Balaban J connectivity index is 1.77. The zero-order valence-electron chi connectivity index (χ0n) is 18.6. The number of likely N-dealkylation sites (tertiary alicyclic amines) is 1. The first-order valence-corrected chi connectivity index (χ1v) is 11.6. The molecular formula is C21H27FN6O4S. The van der Waals surface area contributed by atoms with E-state index in [9.17, 15) is 14.4 Å². The van der Waals surface area contributed by atoms with Crippen LogP contribution in [0.3, 0.4) is 0 Å². The Labute approximate surface area is 195 Å². The topological polar surface area (TPSA) is 135 Å². The highest BCUT2D eigenvalue weighted by atomic mass is 32.2. The third kappa shape index (κ3) is 6.15. The number of anilines is 2. The van der Waals surface area contributed by atoms with Crippen LogP contribution in [0.1, 0.15) is 32.3 Å². The molecule has 0 bridgehead atoms. The number of nitrogens with one attached hydrogen (secondary N) is 1. The van der Waals surface area contributed by atoms with E-state index in [-0.39, 0.29) is 47.1 Å². The monoisotopic (exact) mass is 478 g/mol. The Morgan fingerprint density at radius 1 is 1.36 bits per heavy atom. The summed E-state index contributed by atoms with van der Waals surface area (Å²) >= 11 is 1.42. The Morgan fingerprint density at radius 3 is 2.70 bits per heavy atom. The van der Waals surface area contributed by atoms with Crippen LogP contribution in [0.15, 0.2) is 34.6 Å². The van der Waals surface area contributed by atoms with Crippen molar-refractivity contribution in [1.82, 2.24) is 14.9 Å². The molecule has 1 aromatic heterocycles. The molecule has 2 aromatic rings. The van der Waals surface area contributed by atoms with Crippen LogP contribution in [-0.4, -0.2) is 63.6 Å². The first kappa shape index (κ1) is 24.4. The molecule has 0 unspecified atom stereocenters. The summed E-state index contributed by atoms with van der Waals surface area (Å²) in [6.45, 7) is 4.51. The van der Waals surface area contributed by atoms with E-state index in [2.05, 4.69) is 20.4 Å². The summed E-state index contributed by atoms with van der Waals surface area (Å²) in [5.74, 6) is -0.544. The fraction of sp³-hybridized carbons (Fsp3) is 0.429. The number of rotatable bonds is 7. The smallest absolute Gasteiger partial charge is 0.410 e. The SMILES string of the molecule is CSc1ccc(Nc2ncnc(OC3CCN(C(=O)OC(C)C)CC3)c2/C(N)=N/O)c(F)c1. The molecule has 4 N–H and O–H groups in total. The molecule has 1 aromatic carbocycles. The van der Waals surface area contributed by atoms with E-state index in [1.807, 2.05) is 6.26 Å². The minimum atomic E-state index is -0.478. The van der Waals surface area contributed by atoms with Crippen molar-refractivity contribution in [1.29, 1.82) is 0 Å². The van der Waals surface area contributed by atoms with Gasteiger partial charge in [0.05, 0.1) is 11.8 Å². The van der Waals surface area contributed by atoms with Gasteiger partial charge in [-0.3, -0.25) is 0 Å². The number of thioether (sulfide) groups is 1. The van der Waals surface area contributed by atoms with Crippen molar-refractivity contribution < 1.29 is 23.9 Å². The molecule has 0 spiro atoms. The first-order valence-electron chi connectivity index (χ1n) is 10.4. The van der Waals surface area contributed by atoms with Crippen molar-refractivity contribution in [2.75, 3.05) is 24.7 Å². The molecule has 0 atom stereocenters. The number of aromatic nitrogens is 2. The van der Waals surface area contributed by atoms with E-state index in [1.165, 1.54) is 24.2 Å². The Hall–Kier alpha value is -3.28. The molecule has 0 saturated carbocycles. The maximum Gasteiger partial charge on any atom is 0.410 e. The van der Waals surface area contributed by atoms with Gasteiger partial charge in [0, 0.05) is 30.8 Å². The van der Waals surface area contributed by atoms with Gasteiger partial charge in [0.15, 0.2) is 5.84 Å². The summed E-state index contributed by atoms with van der Waals surface area (Å²) in [5, 5.41) is 15.2. The maximum atomic E-state index is 14.5. The van der Waals surface area contributed by atoms with Gasteiger partial charge < -0.3 is 30.6 Å². The molecule has 0 radical (unpaired) electrons. The molecule has 1 aliphatic rings. The molecule has 1 amide bonds. The zero-order chi connectivity index (χ0) is 24.0. The van der Waals surface area contributed by atoms with E-state index < -0.39 is 5.82 Å². The van der Waals surface area contributed by atoms with Crippen molar-refractivity contribution >= 4 is 35.2 Å². The summed E-state index contributed by atoms with van der Waals surface area (Å²) < 4.78 is 25.7. The third-order valence-corrected chi connectivity index (χ3v) is 5.65. The van der Waals surface area contributed by atoms with Crippen LogP contribution in [0.2, 0.25) is 0 Å². The number of amidine groups is 1. The lowest BCUT2D eigenvalue weighted by Crippen LogP contribution is -2.42. The highest BCUT2D eigenvalue weighted by Crippen LogP contribution is 2.29. The van der Waals surface area contributed by atoms with Gasteiger partial charge in [-0.15, -0.1) is 11.8 Å². The van der Waals surface area contributed by atoms with E-state index in [4.69, 9.17) is 15.2 Å². The molecule has 10 nitrogen and oxygen atoms in total.